The molecule has 1 saturated heterocycles. The molecule has 3 nitrogen and oxygen atoms in total. The Labute approximate surface area is 118 Å². The van der Waals surface area contributed by atoms with Crippen LogP contribution >= 0.6 is 23.6 Å². The van der Waals surface area contributed by atoms with Crippen molar-refractivity contribution in [2.24, 2.45) is 11.7 Å². The molecule has 0 radical (unpaired) electrons. The molecule has 1 unspecified atom stereocenters. The summed E-state index contributed by atoms with van der Waals surface area (Å²) in [5, 5.41) is 1.09. The van der Waals surface area contributed by atoms with E-state index in [4.69, 9.17) is 22.9 Å². The average molecular weight is 283 g/mol. The summed E-state index contributed by atoms with van der Waals surface area (Å²) in [6, 6.07) is 0. The van der Waals surface area contributed by atoms with Crippen molar-refractivity contribution in [3.05, 3.63) is 10.6 Å². The maximum atomic E-state index is 5.81. The lowest BCUT2D eigenvalue weighted by Crippen LogP contribution is -2.34. The van der Waals surface area contributed by atoms with Gasteiger partial charge in [-0.2, -0.15) is 0 Å². The van der Waals surface area contributed by atoms with E-state index in [-0.39, 0.29) is 0 Å². The number of hydrogen-bond acceptors (Lipinski definition) is 4. The molecular formula is C13H21N3S2. The van der Waals surface area contributed by atoms with Crippen LogP contribution in [0.4, 0.5) is 5.13 Å². The highest BCUT2D eigenvalue weighted by Gasteiger charge is 2.23. The molecule has 2 N–H and O–H groups in total. The number of rotatable bonds is 3. The second-order valence-corrected chi connectivity index (χ2v) is 6.84. The number of aromatic nitrogens is 1. The van der Waals surface area contributed by atoms with E-state index >= 15 is 0 Å². The van der Waals surface area contributed by atoms with Crippen molar-refractivity contribution in [3.63, 3.8) is 0 Å². The molecule has 0 aromatic carbocycles. The Balaban J connectivity index is 2.28. The van der Waals surface area contributed by atoms with Gasteiger partial charge < -0.3 is 10.6 Å². The summed E-state index contributed by atoms with van der Waals surface area (Å²) < 4.78 is 0. The molecule has 0 spiro atoms. The van der Waals surface area contributed by atoms with Crippen LogP contribution in [-0.4, -0.2) is 23.1 Å². The van der Waals surface area contributed by atoms with Gasteiger partial charge in [0.1, 0.15) is 4.99 Å². The molecule has 0 bridgehead atoms. The largest absolute Gasteiger partial charge is 0.389 e. The number of anilines is 1. The van der Waals surface area contributed by atoms with E-state index in [0.717, 1.165) is 34.7 Å². The van der Waals surface area contributed by atoms with E-state index in [1.165, 1.54) is 12.8 Å². The first kappa shape index (κ1) is 13.7. The Morgan fingerprint density at radius 1 is 1.56 bits per heavy atom. The number of piperidine rings is 1. The minimum atomic E-state index is 0.369. The summed E-state index contributed by atoms with van der Waals surface area (Å²) in [4.78, 5) is 8.62. The molecule has 1 fully saturated rings. The van der Waals surface area contributed by atoms with Crippen molar-refractivity contribution in [1.29, 1.82) is 0 Å². The van der Waals surface area contributed by atoms with Crippen LogP contribution in [0.3, 0.4) is 0 Å². The van der Waals surface area contributed by atoms with Gasteiger partial charge in [0.2, 0.25) is 0 Å². The fraction of sp³-hybridized carbons (Fsp3) is 0.692. The van der Waals surface area contributed by atoms with Gasteiger partial charge in [0, 0.05) is 13.1 Å². The summed E-state index contributed by atoms with van der Waals surface area (Å²) in [6.07, 6.45) is 2.57. The molecule has 18 heavy (non-hydrogen) atoms. The third-order valence-corrected chi connectivity index (χ3v) is 4.84. The summed E-state index contributed by atoms with van der Waals surface area (Å²) in [5.74, 6) is 1.12. The summed E-state index contributed by atoms with van der Waals surface area (Å²) in [6.45, 7) is 8.78. The lowest BCUT2D eigenvalue weighted by Gasteiger charge is -2.30. The van der Waals surface area contributed by atoms with Crippen molar-refractivity contribution in [3.8, 4) is 0 Å². The van der Waals surface area contributed by atoms with Gasteiger partial charge in [0.05, 0.1) is 10.6 Å². The fourth-order valence-electron chi connectivity index (χ4n) is 2.39. The highest BCUT2D eigenvalue weighted by Crippen LogP contribution is 2.32. The van der Waals surface area contributed by atoms with E-state index in [0.29, 0.717) is 10.9 Å². The quantitative estimate of drug-likeness (QED) is 0.865. The molecule has 1 aromatic heterocycles. The Morgan fingerprint density at radius 3 is 2.78 bits per heavy atom. The van der Waals surface area contributed by atoms with E-state index in [1.807, 2.05) is 0 Å². The smallest absolute Gasteiger partial charge is 0.186 e. The molecule has 1 atom stereocenters. The van der Waals surface area contributed by atoms with Crippen molar-refractivity contribution in [1.82, 2.24) is 4.98 Å². The monoisotopic (exact) mass is 283 g/mol. The van der Waals surface area contributed by atoms with Gasteiger partial charge in [-0.05, 0) is 24.7 Å². The normalized spacial score (nSPS) is 20.4. The zero-order valence-corrected chi connectivity index (χ0v) is 12.9. The zero-order valence-electron chi connectivity index (χ0n) is 11.3. The zero-order chi connectivity index (χ0) is 13.3. The molecule has 1 aliphatic heterocycles. The van der Waals surface area contributed by atoms with Crippen LogP contribution in [0, 0.1) is 5.92 Å². The van der Waals surface area contributed by atoms with E-state index in [2.05, 4.69) is 25.7 Å². The third-order valence-electron chi connectivity index (χ3n) is 3.34. The Morgan fingerprint density at radius 2 is 2.28 bits per heavy atom. The van der Waals surface area contributed by atoms with Crippen LogP contribution in [-0.2, 0) is 0 Å². The number of nitrogens with two attached hydrogens (primary N) is 1. The molecule has 1 aromatic rings. The summed E-state index contributed by atoms with van der Waals surface area (Å²) in [7, 11) is 0. The van der Waals surface area contributed by atoms with E-state index in [1.54, 1.807) is 11.3 Å². The van der Waals surface area contributed by atoms with E-state index in [9.17, 15) is 0 Å². The lowest BCUT2D eigenvalue weighted by molar-refractivity contribution is 0.446. The van der Waals surface area contributed by atoms with Gasteiger partial charge in [0.25, 0.3) is 0 Å². The highest BCUT2D eigenvalue weighted by molar-refractivity contribution is 7.81. The maximum Gasteiger partial charge on any atom is 0.186 e. The van der Waals surface area contributed by atoms with Crippen molar-refractivity contribution in [2.75, 3.05) is 18.0 Å². The topological polar surface area (TPSA) is 42.2 Å². The first-order valence-electron chi connectivity index (χ1n) is 6.54. The molecule has 0 amide bonds. The Bertz CT molecular complexity index is 439. The van der Waals surface area contributed by atoms with Gasteiger partial charge in [-0.1, -0.05) is 44.3 Å². The predicted octanol–water partition coefficient (Wildman–Crippen LogP) is 3.14. The fourth-order valence-corrected chi connectivity index (χ4v) is 3.72. The molecule has 0 saturated carbocycles. The second-order valence-electron chi connectivity index (χ2n) is 5.42. The average Bonchev–Trinajstić information content (AvgIpc) is 2.73. The first-order chi connectivity index (χ1) is 8.49. The Hall–Kier alpha value is -0.680. The minimum Gasteiger partial charge on any atom is -0.389 e. The molecule has 2 rings (SSSR count). The Kier molecular flexibility index (Phi) is 4.22. The van der Waals surface area contributed by atoms with Crippen LogP contribution < -0.4 is 10.6 Å². The van der Waals surface area contributed by atoms with Crippen LogP contribution in [0.15, 0.2) is 0 Å². The molecular weight excluding hydrogens is 262 g/mol. The van der Waals surface area contributed by atoms with Crippen LogP contribution in [0.2, 0.25) is 0 Å². The van der Waals surface area contributed by atoms with Crippen molar-refractivity contribution < 1.29 is 0 Å². The van der Waals surface area contributed by atoms with E-state index < -0.39 is 0 Å². The van der Waals surface area contributed by atoms with Crippen LogP contribution in [0.25, 0.3) is 0 Å². The van der Waals surface area contributed by atoms with Crippen LogP contribution in [0.1, 0.15) is 50.1 Å². The summed E-state index contributed by atoms with van der Waals surface area (Å²) >= 11 is 6.79. The van der Waals surface area contributed by atoms with Crippen LogP contribution in [0.5, 0.6) is 0 Å². The van der Waals surface area contributed by atoms with Gasteiger partial charge >= 0.3 is 0 Å². The SMILES string of the molecule is CC1CCCN(c2nc(C(C)C)c(C(N)=S)s2)C1. The second kappa shape index (κ2) is 5.53. The lowest BCUT2D eigenvalue weighted by atomic mass is 10.0. The van der Waals surface area contributed by atoms with Gasteiger partial charge in [0.15, 0.2) is 5.13 Å². The molecule has 5 heteroatoms. The standard InChI is InChI=1S/C13H21N3S2/c1-8(2)10-11(12(14)17)18-13(15-10)16-6-4-5-9(3)7-16/h8-9H,4-7H2,1-3H3,(H2,14,17). The maximum absolute atomic E-state index is 5.81. The molecule has 1 aliphatic rings. The number of thiazole rings is 1. The predicted molar refractivity (Wildman–Crippen MR) is 82.7 cm³/mol. The minimum absolute atomic E-state index is 0.369. The first-order valence-corrected chi connectivity index (χ1v) is 7.77. The van der Waals surface area contributed by atoms with Gasteiger partial charge in [-0.25, -0.2) is 4.98 Å². The van der Waals surface area contributed by atoms with Crippen molar-refractivity contribution in [2.45, 2.75) is 39.5 Å². The third kappa shape index (κ3) is 2.83. The number of nitrogens with zero attached hydrogens (tertiary/aromatic N) is 2. The number of thiocarbonyl (C=S) groups is 1. The van der Waals surface area contributed by atoms with Gasteiger partial charge in [-0.3, -0.25) is 0 Å². The van der Waals surface area contributed by atoms with Gasteiger partial charge in [-0.15, -0.1) is 0 Å². The van der Waals surface area contributed by atoms with Crippen molar-refractivity contribution >= 4 is 33.7 Å². The number of hydrogen-bond donors (Lipinski definition) is 1. The molecule has 100 valence electrons. The molecule has 2 heterocycles. The molecule has 0 aliphatic carbocycles. The highest BCUT2D eigenvalue weighted by atomic mass is 32.1. The summed E-state index contributed by atoms with van der Waals surface area (Å²) in [5.41, 5.74) is 6.86.